The Bertz CT molecular complexity index is 2330. The summed E-state index contributed by atoms with van der Waals surface area (Å²) in [5.74, 6) is 1.40. The van der Waals surface area contributed by atoms with E-state index in [1.165, 1.54) is 19.3 Å². The number of hydrogen-bond donors (Lipinski definition) is 3. The maximum Gasteiger partial charge on any atom is 0.244 e. The summed E-state index contributed by atoms with van der Waals surface area (Å²) >= 11 is 0. The molecule has 0 radical (unpaired) electrons. The van der Waals surface area contributed by atoms with Gasteiger partial charge >= 0.3 is 0 Å². The first-order chi connectivity index (χ1) is 31.8. The monoisotopic (exact) mass is 885 g/mol. The highest BCUT2D eigenvalue weighted by Gasteiger charge is 2.30. The molecular weight excluding hydrogens is 817 g/mol. The third-order valence-corrected chi connectivity index (χ3v) is 11.2. The van der Waals surface area contributed by atoms with Crippen LogP contribution in [0.15, 0.2) is 103 Å². The molecule has 1 saturated heterocycles. The number of rotatable bonds is 19. The van der Waals surface area contributed by atoms with E-state index in [0.717, 1.165) is 94.9 Å². The molecule has 4 aromatic carbocycles. The number of amides is 3. The van der Waals surface area contributed by atoms with Crippen molar-refractivity contribution in [2.24, 2.45) is 0 Å². The highest BCUT2D eigenvalue weighted by atomic mass is 16.5. The van der Waals surface area contributed by atoms with Crippen LogP contribution in [0.5, 0.6) is 0 Å². The molecular formula is C52H68N8O5. The molecule has 65 heavy (non-hydrogen) atoms. The van der Waals surface area contributed by atoms with Gasteiger partial charge in [-0.25, -0.2) is 9.97 Å². The van der Waals surface area contributed by atoms with E-state index < -0.39 is 0 Å². The van der Waals surface area contributed by atoms with Gasteiger partial charge in [0.25, 0.3) is 0 Å². The van der Waals surface area contributed by atoms with Gasteiger partial charge in [-0.05, 0) is 90.4 Å². The van der Waals surface area contributed by atoms with Gasteiger partial charge in [-0.2, -0.15) is 0 Å². The number of nitrogens with zero attached hydrogens (tertiary/aromatic N) is 5. The van der Waals surface area contributed by atoms with Crippen molar-refractivity contribution in [1.29, 1.82) is 0 Å². The minimum atomic E-state index is -0.340. The zero-order chi connectivity index (χ0) is 46.4. The topological polar surface area (TPSA) is 149 Å². The van der Waals surface area contributed by atoms with E-state index in [2.05, 4.69) is 111 Å². The lowest BCUT2D eigenvalue weighted by Crippen LogP contribution is -2.43. The van der Waals surface area contributed by atoms with Gasteiger partial charge < -0.3 is 34.6 Å². The molecule has 2 aromatic heterocycles. The number of aromatic nitrogens is 4. The molecule has 0 bridgehead atoms. The molecule has 0 saturated carbocycles. The SMILES string of the molecule is C1CCOCC1.CCCN(Cc1ncc(-c2ccc3cc(-c4ccc(-c5cnc(CN(CCC)C(=O)C(c6ccccc6)N(CC)CC)[nH]5)cc4)ccc3c2)[nH]1)C(=O)CNC=O.COC. The first kappa shape index (κ1) is 49.9. The molecule has 7 rings (SSSR count). The maximum atomic E-state index is 14.1. The van der Waals surface area contributed by atoms with Crippen molar-refractivity contribution in [1.82, 2.24) is 40.0 Å². The van der Waals surface area contributed by atoms with E-state index in [9.17, 15) is 14.4 Å². The molecule has 3 amide bonds. The highest BCUT2D eigenvalue weighted by Crippen LogP contribution is 2.30. The van der Waals surface area contributed by atoms with Crippen LogP contribution in [-0.2, 0) is 36.9 Å². The molecule has 13 nitrogen and oxygen atoms in total. The van der Waals surface area contributed by atoms with Crippen molar-refractivity contribution in [3.63, 3.8) is 0 Å². The molecule has 1 aliphatic rings. The number of nitrogens with one attached hydrogen (secondary N) is 3. The molecule has 3 N–H and O–H groups in total. The lowest BCUT2D eigenvalue weighted by atomic mass is 9.98. The Balaban J connectivity index is 0.000000795. The van der Waals surface area contributed by atoms with E-state index >= 15 is 0 Å². The van der Waals surface area contributed by atoms with Crippen LogP contribution in [0.2, 0.25) is 0 Å². The van der Waals surface area contributed by atoms with Gasteiger partial charge in [0, 0.05) is 46.1 Å². The van der Waals surface area contributed by atoms with Crippen molar-refractivity contribution < 1.29 is 23.9 Å². The van der Waals surface area contributed by atoms with Crippen molar-refractivity contribution in [3.05, 3.63) is 121 Å². The van der Waals surface area contributed by atoms with E-state index in [1.54, 1.807) is 25.3 Å². The molecule has 346 valence electrons. The van der Waals surface area contributed by atoms with Crippen LogP contribution < -0.4 is 5.32 Å². The lowest BCUT2D eigenvalue weighted by molar-refractivity contribution is -0.138. The summed E-state index contributed by atoms with van der Waals surface area (Å²) in [5, 5.41) is 4.68. The van der Waals surface area contributed by atoms with Crippen LogP contribution in [-0.4, -0.2) is 113 Å². The van der Waals surface area contributed by atoms with Gasteiger partial charge in [-0.3, -0.25) is 19.3 Å². The van der Waals surface area contributed by atoms with Crippen LogP contribution >= 0.6 is 0 Å². The second-order valence-electron chi connectivity index (χ2n) is 16.0. The third kappa shape index (κ3) is 14.4. The second kappa shape index (κ2) is 26.6. The second-order valence-corrected chi connectivity index (χ2v) is 16.0. The highest BCUT2D eigenvalue weighted by molar-refractivity contribution is 5.90. The Morgan fingerprint density at radius 3 is 1.77 bits per heavy atom. The average molecular weight is 885 g/mol. The predicted octanol–water partition coefficient (Wildman–Crippen LogP) is 9.04. The molecule has 3 heterocycles. The van der Waals surface area contributed by atoms with Gasteiger partial charge in [-0.1, -0.05) is 107 Å². The Kier molecular flexibility index (Phi) is 20.4. The van der Waals surface area contributed by atoms with Crippen LogP contribution in [0.3, 0.4) is 0 Å². The van der Waals surface area contributed by atoms with E-state index in [4.69, 9.17) is 9.72 Å². The molecule has 1 aliphatic heterocycles. The predicted molar refractivity (Wildman–Crippen MR) is 260 cm³/mol. The Morgan fingerprint density at radius 1 is 0.708 bits per heavy atom. The standard InChI is InChI=1S/C45H52N8O3.C5H10O.C2H6O/c1-5-22-52(43(55)28-46-31-54)29-41-48-27-40(50-41)38-21-20-36-24-35(18-19-37(36)25-38)32-14-16-33(17-15-32)39-26-47-42(49-39)30-53(23-6-2)45(56)44(51(7-3)8-4)34-12-10-9-11-13-34;1-2-4-6-5-3-1;1-3-2/h9-21,24-27,31,44H,5-8,22-23,28-30H2,1-4H3,(H,46,54)(H,47,49)(H,48,50);1-5H2;1-2H3. The molecule has 0 aliphatic carbocycles. The number of methoxy groups -OCH3 is 1. The molecule has 13 heteroatoms. The van der Waals surface area contributed by atoms with Crippen molar-refractivity contribution >= 4 is 29.0 Å². The van der Waals surface area contributed by atoms with Crippen molar-refractivity contribution in [2.75, 3.05) is 60.2 Å². The number of benzene rings is 4. The number of H-pyrrole nitrogens is 2. The quantitative estimate of drug-likeness (QED) is 0.0683. The van der Waals surface area contributed by atoms with Crippen molar-refractivity contribution in [3.8, 4) is 33.6 Å². The first-order valence-electron chi connectivity index (χ1n) is 23.0. The van der Waals surface area contributed by atoms with Crippen LogP contribution in [0.25, 0.3) is 44.4 Å². The number of likely N-dealkylation sites (N-methyl/N-ethyl adjacent to an activating group) is 1. The average Bonchev–Trinajstić information content (AvgIpc) is 4.03. The first-order valence-corrected chi connectivity index (χ1v) is 23.0. The summed E-state index contributed by atoms with van der Waals surface area (Å²) in [4.78, 5) is 59.2. The number of carbonyl (C=O) groups excluding carboxylic acids is 3. The van der Waals surface area contributed by atoms with Gasteiger partial charge in [0.2, 0.25) is 18.2 Å². The van der Waals surface area contributed by atoms with Crippen LogP contribution in [0, 0.1) is 0 Å². The zero-order valence-corrected chi connectivity index (χ0v) is 39.1. The van der Waals surface area contributed by atoms with Gasteiger partial charge in [-0.15, -0.1) is 0 Å². The summed E-state index contributed by atoms with van der Waals surface area (Å²) in [5.41, 5.74) is 7.04. The number of aromatic amines is 2. The van der Waals surface area contributed by atoms with Crippen LogP contribution in [0.4, 0.5) is 0 Å². The maximum absolute atomic E-state index is 14.1. The number of hydrogen-bond acceptors (Lipinski definition) is 8. The number of fused-ring (bicyclic) bond motifs is 1. The van der Waals surface area contributed by atoms with Gasteiger partial charge in [0.05, 0.1) is 43.4 Å². The normalized spacial score (nSPS) is 12.7. The summed E-state index contributed by atoms with van der Waals surface area (Å²) in [6.45, 7) is 13.8. The fourth-order valence-electron chi connectivity index (χ4n) is 7.91. The van der Waals surface area contributed by atoms with Gasteiger partial charge in [0.15, 0.2) is 0 Å². The zero-order valence-electron chi connectivity index (χ0n) is 39.1. The Hall–Kier alpha value is -6.15. The van der Waals surface area contributed by atoms with E-state index in [0.29, 0.717) is 38.4 Å². The molecule has 1 atom stereocenters. The lowest BCUT2D eigenvalue weighted by Gasteiger charge is -2.33. The fraction of sp³-hybridized carbons (Fsp3) is 0.404. The summed E-state index contributed by atoms with van der Waals surface area (Å²) in [6, 6.07) is 31.0. The summed E-state index contributed by atoms with van der Waals surface area (Å²) in [7, 11) is 3.25. The molecule has 1 fully saturated rings. The molecule has 6 aromatic rings. The Labute approximate surface area is 385 Å². The summed E-state index contributed by atoms with van der Waals surface area (Å²) < 4.78 is 9.32. The minimum Gasteiger partial charge on any atom is -0.388 e. The Morgan fingerprint density at radius 2 is 1.23 bits per heavy atom. The molecule has 0 spiro atoms. The minimum absolute atomic E-state index is 0.0322. The number of imidazole rings is 2. The van der Waals surface area contributed by atoms with Gasteiger partial charge in [0.1, 0.15) is 17.7 Å². The van der Waals surface area contributed by atoms with E-state index in [1.807, 2.05) is 48.4 Å². The van der Waals surface area contributed by atoms with E-state index in [-0.39, 0.29) is 24.4 Å². The van der Waals surface area contributed by atoms with Crippen LogP contribution in [0.1, 0.15) is 83.1 Å². The summed E-state index contributed by atoms with van der Waals surface area (Å²) in [6.07, 6.45) is 9.77. The fourth-order valence-corrected chi connectivity index (χ4v) is 7.91. The third-order valence-electron chi connectivity index (χ3n) is 11.2. The molecule has 1 unspecified atom stereocenters. The number of carbonyl (C=O) groups is 3. The number of ether oxygens (including phenoxy) is 2. The smallest absolute Gasteiger partial charge is 0.244 e. The largest absolute Gasteiger partial charge is 0.388 e. The van der Waals surface area contributed by atoms with Crippen molar-refractivity contribution in [2.45, 2.75) is 78.9 Å².